The molecule has 1 aliphatic rings. The first-order valence-electron chi connectivity index (χ1n) is 8.98. The number of nitrogens with zero attached hydrogens (tertiary/aromatic N) is 3. The molecule has 0 unspecified atom stereocenters. The molecule has 3 rings (SSSR count). The van der Waals surface area contributed by atoms with Crippen LogP contribution in [0, 0.1) is 13.8 Å². The highest BCUT2D eigenvalue weighted by molar-refractivity contribution is 5.77. The van der Waals surface area contributed by atoms with Crippen LogP contribution in [0.3, 0.4) is 0 Å². The minimum Gasteiger partial charge on any atom is -0.368 e. The Morgan fingerprint density at radius 2 is 2.08 bits per heavy atom. The highest BCUT2D eigenvalue weighted by atomic mass is 16.5. The van der Waals surface area contributed by atoms with Crippen LogP contribution in [0.4, 0.5) is 0 Å². The summed E-state index contributed by atoms with van der Waals surface area (Å²) in [7, 11) is 0. The van der Waals surface area contributed by atoms with Gasteiger partial charge in [-0.25, -0.2) is 9.67 Å². The Kier molecular flexibility index (Phi) is 5.81. The number of rotatable bonds is 6. The fourth-order valence-corrected chi connectivity index (χ4v) is 3.18. The summed E-state index contributed by atoms with van der Waals surface area (Å²) in [4.78, 5) is 16.4. The van der Waals surface area contributed by atoms with Gasteiger partial charge >= 0.3 is 0 Å². The first-order valence-corrected chi connectivity index (χ1v) is 8.98. The second-order valence-corrected chi connectivity index (χ2v) is 6.71. The van der Waals surface area contributed by atoms with Crippen molar-refractivity contribution in [1.82, 2.24) is 20.1 Å². The third-order valence-electron chi connectivity index (χ3n) is 4.53. The van der Waals surface area contributed by atoms with Crippen LogP contribution in [-0.4, -0.2) is 33.4 Å². The summed E-state index contributed by atoms with van der Waals surface area (Å²) in [6.07, 6.45) is 7.87. The molecule has 2 heterocycles. The Morgan fingerprint density at radius 3 is 2.72 bits per heavy atom. The highest BCUT2D eigenvalue weighted by Gasteiger charge is 2.15. The predicted octanol–water partition coefficient (Wildman–Crippen LogP) is 2.85. The monoisotopic (exact) mass is 342 g/mol. The van der Waals surface area contributed by atoms with Crippen molar-refractivity contribution < 1.29 is 9.53 Å². The average molecular weight is 342 g/mol. The Bertz CT molecular complexity index is 703. The molecule has 1 fully saturated rings. The summed E-state index contributed by atoms with van der Waals surface area (Å²) in [6, 6.07) is 5.89. The van der Waals surface area contributed by atoms with Gasteiger partial charge < -0.3 is 10.1 Å². The van der Waals surface area contributed by atoms with Crippen LogP contribution in [0.15, 0.2) is 24.4 Å². The fraction of sp³-hybridized carbons (Fsp3) is 0.526. The van der Waals surface area contributed by atoms with Crippen LogP contribution >= 0.6 is 0 Å². The topological polar surface area (TPSA) is 69.0 Å². The van der Waals surface area contributed by atoms with Crippen molar-refractivity contribution in [2.45, 2.75) is 58.6 Å². The number of ether oxygens (including phenoxy) is 1. The van der Waals surface area contributed by atoms with E-state index >= 15 is 0 Å². The zero-order chi connectivity index (χ0) is 17.6. The van der Waals surface area contributed by atoms with Crippen LogP contribution in [0.1, 0.15) is 49.1 Å². The number of pyridine rings is 1. The molecule has 2 aromatic rings. The summed E-state index contributed by atoms with van der Waals surface area (Å²) in [5, 5.41) is 7.31. The lowest BCUT2D eigenvalue weighted by molar-refractivity contribution is -0.128. The Hall–Kier alpha value is -2.21. The lowest BCUT2D eigenvalue weighted by Crippen LogP contribution is -2.30. The third-order valence-corrected chi connectivity index (χ3v) is 4.53. The molecule has 0 bridgehead atoms. The standard InChI is InChI=1S/C19H26N4O2/c1-14-10-15(2)23(22-14)18-9-8-16(11-20-18)12-21-19(24)13-25-17-6-4-3-5-7-17/h8-11,17H,3-7,12-13H2,1-2H3,(H,21,24). The van der Waals surface area contributed by atoms with Gasteiger partial charge in [-0.3, -0.25) is 4.79 Å². The largest absolute Gasteiger partial charge is 0.368 e. The van der Waals surface area contributed by atoms with E-state index in [1.54, 1.807) is 6.20 Å². The SMILES string of the molecule is Cc1cc(C)n(-c2ccc(CNC(=O)COC3CCCCC3)cn2)n1. The maximum atomic E-state index is 11.9. The van der Waals surface area contributed by atoms with Gasteiger partial charge in [0, 0.05) is 18.4 Å². The molecular weight excluding hydrogens is 316 g/mol. The number of hydrogen-bond acceptors (Lipinski definition) is 4. The molecule has 6 nitrogen and oxygen atoms in total. The third kappa shape index (κ3) is 4.89. The summed E-state index contributed by atoms with van der Waals surface area (Å²) in [6.45, 7) is 4.56. The number of aryl methyl sites for hydroxylation is 2. The van der Waals surface area contributed by atoms with E-state index in [4.69, 9.17) is 4.74 Å². The molecule has 0 aromatic carbocycles. The maximum Gasteiger partial charge on any atom is 0.246 e. The molecular formula is C19H26N4O2. The quantitative estimate of drug-likeness (QED) is 0.876. The number of amides is 1. The van der Waals surface area contributed by atoms with Gasteiger partial charge in [-0.15, -0.1) is 0 Å². The second-order valence-electron chi connectivity index (χ2n) is 6.71. The molecule has 0 atom stereocenters. The van der Waals surface area contributed by atoms with Crippen LogP contribution in [0.5, 0.6) is 0 Å². The Morgan fingerprint density at radius 1 is 1.28 bits per heavy atom. The molecule has 25 heavy (non-hydrogen) atoms. The average Bonchev–Trinajstić information content (AvgIpc) is 2.98. The van der Waals surface area contributed by atoms with Crippen molar-refractivity contribution in [2.75, 3.05) is 6.61 Å². The number of carbonyl (C=O) groups is 1. The van der Waals surface area contributed by atoms with Crippen molar-refractivity contribution in [1.29, 1.82) is 0 Å². The first kappa shape index (κ1) is 17.6. The molecule has 1 amide bonds. The zero-order valence-electron chi connectivity index (χ0n) is 15.0. The lowest BCUT2D eigenvalue weighted by atomic mass is 9.98. The molecule has 6 heteroatoms. The van der Waals surface area contributed by atoms with Crippen LogP contribution in [0.25, 0.3) is 5.82 Å². The zero-order valence-corrected chi connectivity index (χ0v) is 15.0. The van der Waals surface area contributed by atoms with E-state index in [-0.39, 0.29) is 18.6 Å². The van der Waals surface area contributed by atoms with Gasteiger partial charge in [0.15, 0.2) is 5.82 Å². The number of aromatic nitrogens is 3. The summed E-state index contributed by atoms with van der Waals surface area (Å²) in [5.41, 5.74) is 2.97. The van der Waals surface area contributed by atoms with Crippen LogP contribution < -0.4 is 5.32 Å². The van der Waals surface area contributed by atoms with Crippen molar-refractivity contribution in [2.24, 2.45) is 0 Å². The molecule has 134 valence electrons. The normalized spacial score (nSPS) is 15.3. The molecule has 0 radical (unpaired) electrons. The number of nitrogens with one attached hydrogen (secondary N) is 1. The van der Waals surface area contributed by atoms with E-state index in [9.17, 15) is 4.79 Å². The molecule has 1 N–H and O–H groups in total. The van der Waals surface area contributed by atoms with Gasteiger partial charge in [0.2, 0.25) is 5.91 Å². The van der Waals surface area contributed by atoms with Crippen molar-refractivity contribution in [3.05, 3.63) is 41.3 Å². The van der Waals surface area contributed by atoms with Gasteiger partial charge in [0.1, 0.15) is 6.61 Å². The maximum absolute atomic E-state index is 11.9. The highest BCUT2D eigenvalue weighted by Crippen LogP contribution is 2.20. The van der Waals surface area contributed by atoms with Crippen LogP contribution in [0.2, 0.25) is 0 Å². The summed E-state index contributed by atoms with van der Waals surface area (Å²) in [5.74, 6) is 0.703. The number of hydrogen-bond donors (Lipinski definition) is 1. The Labute approximate surface area is 148 Å². The summed E-state index contributed by atoms with van der Waals surface area (Å²) < 4.78 is 7.50. The minimum atomic E-state index is -0.0757. The summed E-state index contributed by atoms with van der Waals surface area (Å²) >= 11 is 0. The van der Waals surface area contributed by atoms with Gasteiger partial charge in [-0.05, 0) is 44.4 Å². The van der Waals surface area contributed by atoms with Crippen molar-refractivity contribution in [3.63, 3.8) is 0 Å². The fourth-order valence-electron chi connectivity index (χ4n) is 3.18. The number of carbonyl (C=O) groups excluding carboxylic acids is 1. The lowest BCUT2D eigenvalue weighted by Gasteiger charge is -2.21. The molecule has 1 aliphatic carbocycles. The molecule has 1 saturated carbocycles. The smallest absolute Gasteiger partial charge is 0.246 e. The minimum absolute atomic E-state index is 0.0757. The van der Waals surface area contributed by atoms with E-state index in [1.165, 1.54) is 19.3 Å². The van der Waals surface area contributed by atoms with E-state index in [0.717, 1.165) is 35.6 Å². The Balaban J connectivity index is 1.46. The molecule has 0 spiro atoms. The molecule has 0 aliphatic heterocycles. The first-order chi connectivity index (χ1) is 12.1. The van der Waals surface area contributed by atoms with Gasteiger partial charge in [-0.1, -0.05) is 25.3 Å². The van der Waals surface area contributed by atoms with Gasteiger partial charge in [0.05, 0.1) is 11.8 Å². The second kappa shape index (κ2) is 8.25. The van der Waals surface area contributed by atoms with E-state index in [0.29, 0.717) is 6.54 Å². The van der Waals surface area contributed by atoms with Crippen LogP contribution in [-0.2, 0) is 16.1 Å². The predicted molar refractivity (Wildman–Crippen MR) is 95.5 cm³/mol. The van der Waals surface area contributed by atoms with Gasteiger partial charge in [-0.2, -0.15) is 5.10 Å². The van der Waals surface area contributed by atoms with E-state index < -0.39 is 0 Å². The molecule has 2 aromatic heterocycles. The van der Waals surface area contributed by atoms with Crippen molar-refractivity contribution in [3.8, 4) is 5.82 Å². The van der Waals surface area contributed by atoms with E-state index in [2.05, 4.69) is 15.4 Å². The van der Waals surface area contributed by atoms with Gasteiger partial charge in [0.25, 0.3) is 0 Å². The molecule has 0 saturated heterocycles. The van der Waals surface area contributed by atoms with E-state index in [1.807, 2.05) is 36.7 Å². The van der Waals surface area contributed by atoms with Crippen molar-refractivity contribution >= 4 is 5.91 Å².